The van der Waals surface area contributed by atoms with Crippen LogP contribution in [0, 0.1) is 5.95 Å². The highest BCUT2D eigenvalue weighted by Gasteiger charge is 2.38. The van der Waals surface area contributed by atoms with Gasteiger partial charge in [0, 0.05) is 16.9 Å². The van der Waals surface area contributed by atoms with Crippen LogP contribution in [0.15, 0.2) is 34.2 Å². The summed E-state index contributed by atoms with van der Waals surface area (Å²) in [5.41, 5.74) is -2.79. The van der Waals surface area contributed by atoms with Crippen molar-refractivity contribution < 1.29 is 22.4 Å². The maximum Gasteiger partial charge on any atom is 0.420 e. The second-order valence-electron chi connectivity index (χ2n) is 4.79. The number of rotatable bonds is 3. The van der Waals surface area contributed by atoms with Crippen molar-refractivity contribution in [2.75, 3.05) is 6.26 Å². The van der Waals surface area contributed by atoms with E-state index in [2.05, 4.69) is 31.0 Å². The summed E-state index contributed by atoms with van der Waals surface area (Å²) in [4.78, 5) is 19.8. The fraction of sp³-hybridized carbons (Fsp3) is 0.143. The third-order valence-electron chi connectivity index (χ3n) is 3.25. The Hall–Kier alpha value is -2.01. The summed E-state index contributed by atoms with van der Waals surface area (Å²) in [5, 5.41) is 3.49. The molecule has 3 heterocycles. The zero-order chi connectivity index (χ0) is 18.4. The maximum atomic E-state index is 14.2. The lowest BCUT2D eigenvalue weighted by Crippen LogP contribution is -2.17. The van der Waals surface area contributed by atoms with Crippen molar-refractivity contribution in [1.29, 1.82) is 0 Å². The number of pyridine rings is 1. The van der Waals surface area contributed by atoms with Crippen LogP contribution in [-0.2, 0) is 6.18 Å². The van der Waals surface area contributed by atoms with Crippen molar-refractivity contribution in [3.63, 3.8) is 0 Å². The zero-order valence-electron chi connectivity index (χ0n) is 12.3. The molecule has 0 aliphatic heterocycles. The summed E-state index contributed by atoms with van der Waals surface area (Å²) in [6.07, 6.45) is -1.41. The van der Waals surface area contributed by atoms with Crippen LogP contribution in [0.5, 0.6) is 0 Å². The van der Waals surface area contributed by atoms with Crippen LogP contribution in [-0.4, -0.2) is 31.6 Å². The average molecular weight is 435 g/mol. The third kappa shape index (κ3) is 3.25. The molecule has 0 fully saturated rings. The van der Waals surface area contributed by atoms with Gasteiger partial charge in [0.2, 0.25) is 11.7 Å². The van der Waals surface area contributed by atoms with Crippen LogP contribution in [0.3, 0.4) is 0 Å². The maximum absolute atomic E-state index is 14.2. The predicted octanol–water partition coefficient (Wildman–Crippen LogP) is 4.00. The van der Waals surface area contributed by atoms with Crippen molar-refractivity contribution in [3.8, 4) is 0 Å². The van der Waals surface area contributed by atoms with E-state index in [9.17, 15) is 22.4 Å². The van der Waals surface area contributed by atoms with Gasteiger partial charge in [-0.3, -0.25) is 4.79 Å². The number of nitrogens with zero attached hydrogens (tertiary/aromatic N) is 4. The van der Waals surface area contributed by atoms with Crippen molar-refractivity contribution in [2.24, 2.45) is 0 Å². The van der Waals surface area contributed by atoms with E-state index < -0.39 is 34.7 Å². The molecule has 0 N–H and O–H groups in total. The number of alkyl halides is 3. The first-order valence-electron chi connectivity index (χ1n) is 6.58. The Bertz CT molecular complexity index is 989. The molecule has 3 rings (SSSR count). The van der Waals surface area contributed by atoms with E-state index in [0.717, 1.165) is 16.3 Å². The van der Waals surface area contributed by atoms with E-state index in [-0.39, 0.29) is 10.7 Å². The van der Waals surface area contributed by atoms with Gasteiger partial charge in [0.15, 0.2) is 5.16 Å². The van der Waals surface area contributed by atoms with Crippen molar-refractivity contribution >= 4 is 39.0 Å². The van der Waals surface area contributed by atoms with E-state index in [4.69, 9.17) is 0 Å². The first kappa shape index (κ1) is 17.8. The molecular formula is C14H7BrF4N4OS. The Balaban J connectivity index is 2.24. The summed E-state index contributed by atoms with van der Waals surface area (Å²) in [6.45, 7) is 0. The van der Waals surface area contributed by atoms with Gasteiger partial charge >= 0.3 is 6.18 Å². The number of hydrogen-bond acceptors (Lipinski definition) is 5. The molecule has 0 aliphatic rings. The van der Waals surface area contributed by atoms with Crippen molar-refractivity contribution in [1.82, 2.24) is 19.6 Å². The van der Waals surface area contributed by atoms with Gasteiger partial charge in [-0.25, -0.2) is 14.5 Å². The Morgan fingerprint density at radius 1 is 1.32 bits per heavy atom. The second-order valence-corrected chi connectivity index (χ2v) is 6.48. The molecule has 0 amide bonds. The standard InChI is InChI=1S/C14H7BrF4N4OS/c1-25-13-20-4-7(14(17,18)19)10(21-13)11(24)9-8-3-2-6(15)5-23(8)22-12(9)16/h2-5H,1H3. The van der Waals surface area contributed by atoms with Gasteiger partial charge < -0.3 is 0 Å². The Morgan fingerprint density at radius 2 is 2.04 bits per heavy atom. The topological polar surface area (TPSA) is 60.2 Å². The molecule has 0 aliphatic carbocycles. The van der Waals surface area contributed by atoms with Crippen LogP contribution >= 0.6 is 27.7 Å². The zero-order valence-corrected chi connectivity index (χ0v) is 14.7. The smallest absolute Gasteiger partial charge is 0.287 e. The van der Waals surface area contributed by atoms with Gasteiger partial charge in [-0.1, -0.05) is 11.8 Å². The SMILES string of the molecule is CSc1ncc(C(F)(F)F)c(C(=O)c2c(F)nn3cc(Br)ccc23)n1. The number of hydrogen-bond donors (Lipinski definition) is 0. The molecule has 0 radical (unpaired) electrons. The lowest BCUT2D eigenvalue weighted by molar-refractivity contribution is -0.138. The van der Waals surface area contributed by atoms with Crippen molar-refractivity contribution in [3.05, 3.63) is 51.8 Å². The number of carbonyl (C=O) groups is 1. The monoisotopic (exact) mass is 434 g/mol. The van der Waals surface area contributed by atoms with Gasteiger partial charge in [0.05, 0.1) is 5.52 Å². The number of ketones is 1. The average Bonchev–Trinajstić information content (AvgIpc) is 2.87. The fourth-order valence-corrected chi connectivity index (χ4v) is 2.83. The van der Waals surface area contributed by atoms with Gasteiger partial charge in [-0.15, -0.1) is 5.10 Å². The summed E-state index contributed by atoms with van der Waals surface area (Å²) in [7, 11) is 0. The van der Waals surface area contributed by atoms with E-state index in [0.29, 0.717) is 10.7 Å². The highest BCUT2D eigenvalue weighted by molar-refractivity contribution is 9.10. The third-order valence-corrected chi connectivity index (χ3v) is 4.28. The van der Waals surface area contributed by atoms with Crippen LogP contribution in [0.25, 0.3) is 5.52 Å². The van der Waals surface area contributed by atoms with Crippen LogP contribution in [0.1, 0.15) is 21.6 Å². The second kappa shape index (κ2) is 6.37. The number of carbonyl (C=O) groups excluding carboxylic acids is 1. The van der Waals surface area contributed by atoms with Gasteiger partial charge in [-0.2, -0.15) is 17.6 Å². The lowest BCUT2D eigenvalue weighted by atomic mass is 10.1. The number of fused-ring (bicyclic) bond motifs is 1. The Morgan fingerprint density at radius 3 is 2.68 bits per heavy atom. The summed E-state index contributed by atoms with van der Waals surface area (Å²) in [6, 6.07) is 2.89. The normalized spacial score (nSPS) is 11.9. The highest BCUT2D eigenvalue weighted by Crippen LogP contribution is 2.33. The van der Waals surface area contributed by atoms with Crippen LogP contribution in [0.4, 0.5) is 17.6 Å². The minimum Gasteiger partial charge on any atom is -0.287 e. The Kier molecular flexibility index (Phi) is 4.54. The molecular weight excluding hydrogens is 428 g/mol. The Labute approximate surface area is 150 Å². The molecule has 3 aromatic heterocycles. The molecule has 0 spiro atoms. The van der Waals surface area contributed by atoms with E-state index in [1.807, 2.05) is 0 Å². The van der Waals surface area contributed by atoms with Crippen LogP contribution < -0.4 is 0 Å². The number of thioether (sulfide) groups is 1. The molecule has 0 saturated carbocycles. The molecule has 0 bridgehead atoms. The summed E-state index contributed by atoms with van der Waals surface area (Å²) in [5.74, 6) is -2.39. The summed E-state index contributed by atoms with van der Waals surface area (Å²) >= 11 is 4.13. The summed E-state index contributed by atoms with van der Waals surface area (Å²) < 4.78 is 55.4. The van der Waals surface area contributed by atoms with Gasteiger partial charge in [0.25, 0.3) is 0 Å². The van der Waals surface area contributed by atoms with E-state index in [1.54, 1.807) is 6.26 Å². The molecule has 0 saturated heterocycles. The number of aromatic nitrogens is 4. The first-order chi connectivity index (χ1) is 11.7. The minimum absolute atomic E-state index is 0.0307. The molecule has 0 unspecified atom stereocenters. The quantitative estimate of drug-likeness (QED) is 0.270. The van der Waals surface area contributed by atoms with Crippen LogP contribution in [0.2, 0.25) is 0 Å². The van der Waals surface area contributed by atoms with E-state index >= 15 is 0 Å². The predicted molar refractivity (Wildman–Crippen MR) is 85.1 cm³/mol. The number of halogens is 5. The van der Waals surface area contributed by atoms with Gasteiger partial charge in [0.1, 0.15) is 16.8 Å². The fourth-order valence-electron chi connectivity index (χ4n) is 2.17. The molecule has 0 aromatic carbocycles. The minimum atomic E-state index is -4.86. The first-order valence-corrected chi connectivity index (χ1v) is 8.60. The molecule has 11 heteroatoms. The van der Waals surface area contributed by atoms with Gasteiger partial charge in [-0.05, 0) is 34.3 Å². The molecule has 3 aromatic rings. The highest BCUT2D eigenvalue weighted by atomic mass is 79.9. The van der Waals surface area contributed by atoms with Crippen molar-refractivity contribution in [2.45, 2.75) is 11.3 Å². The lowest BCUT2D eigenvalue weighted by Gasteiger charge is -2.11. The molecule has 0 atom stereocenters. The molecule has 25 heavy (non-hydrogen) atoms. The van der Waals surface area contributed by atoms with E-state index in [1.165, 1.54) is 18.3 Å². The molecule has 130 valence electrons. The largest absolute Gasteiger partial charge is 0.420 e. The molecule has 5 nitrogen and oxygen atoms in total.